The van der Waals surface area contributed by atoms with Crippen LogP contribution in [0.25, 0.3) is 0 Å². The highest BCUT2D eigenvalue weighted by atomic mass is 16.6. The first kappa shape index (κ1) is 17.8. The smallest absolute Gasteiger partial charge is 0.410 e. The SMILES string of the molecule is CC(C)(C)OC(=O)N1CCC[C@H]1C(=O)Nc1ccccc1C(=O)O. The van der Waals surface area contributed by atoms with Crippen LogP contribution >= 0.6 is 0 Å². The Morgan fingerprint density at radius 2 is 1.92 bits per heavy atom. The summed E-state index contributed by atoms with van der Waals surface area (Å²) in [6, 6.07) is 5.50. The maximum absolute atomic E-state index is 12.5. The molecule has 0 bridgehead atoms. The van der Waals surface area contributed by atoms with Gasteiger partial charge in [0.2, 0.25) is 5.91 Å². The van der Waals surface area contributed by atoms with Gasteiger partial charge in [0.1, 0.15) is 11.6 Å². The van der Waals surface area contributed by atoms with Crippen LogP contribution in [0.5, 0.6) is 0 Å². The number of carboxylic acid groups (broad SMARTS) is 1. The zero-order chi connectivity index (χ0) is 17.9. The monoisotopic (exact) mass is 334 g/mol. The predicted octanol–water partition coefficient (Wildman–Crippen LogP) is 2.72. The molecule has 1 fully saturated rings. The Morgan fingerprint density at radius 3 is 2.54 bits per heavy atom. The number of nitrogens with one attached hydrogen (secondary N) is 1. The van der Waals surface area contributed by atoms with Crippen LogP contribution in [0.15, 0.2) is 24.3 Å². The number of carbonyl (C=O) groups excluding carboxylic acids is 2. The first-order valence-electron chi connectivity index (χ1n) is 7.82. The molecule has 1 aromatic carbocycles. The fraction of sp³-hybridized carbons (Fsp3) is 0.471. The van der Waals surface area contributed by atoms with Crippen molar-refractivity contribution in [3.8, 4) is 0 Å². The molecular weight excluding hydrogens is 312 g/mol. The Hall–Kier alpha value is -2.57. The van der Waals surface area contributed by atoms with E-state index in [1.807, 2.05) is 0 Å². The second-order valence-corrected chi connectivity index (χ2v) is 6.67. The van der Waals surface area contributed by atoms with Gasteiger partial charge in [0.15, 0.2) is 0 Å². The average molecular weight is 334 g/mol. The summed E-state index contributed by atoms with van der Waals surface area (Å²) in [5.74, 6) is -1.53. The minimum absolute atomic E-state index is 0.00710. The Kier molecular flexibility index (Phi) is 5.11. The van der Waals surface area contributed by atoms with Crippen molar-refractivity contribution < 1.29 is 24.2 Å². The number of carbonyl (C=O) groups is 3. The van der Waals surface area contributed by atoms with Crippen molar-refractivity contribution in [2.24, 2.45) is 0 Å². The summed E-state index contributed by atoms with van der Waals surface area (Å²) in [5.41, 5.74) is -0.421. The van der Waals surface area contributed by atoms with Crippen LogP contribution in [-0.4, -0.2) is 46.2 Å². The van der Waals surface area contributed by atoms with Gasteiger partial charge < -0.3 is 15.2 Å². The summed E-state index contributed by atoms with van der Waals surface area (Å²) < 4.78 is 5.33. The highest BCUT2D eigenvalue weighted by Crippen LogP contribution is 2.23. The Bertz CT molecular complexity index is 651. The Morgan fingerprint density at radius 1 is 1.25 bits per heavy atom. The van der Waals surface area contributed by atoms with Gasteiger partial charge in [0, 0.05) is 6.54 Å². The van der Waals surface area contributed by atoms with Crippen molar-refractivity contribution in [1.29, 1.82) is 0 Å². The summed E-state index contributed by atoms with van der Waals surface area (Å²) >= 11 is 0. The quantitative estimate of drug-likeness (QED) is 0.886. The lowest BCUT2D eigenvalue weighted by molar-refractivity contribution is -0.120. The molecule has 2 amide bonds. The lowest BCUT2D eigenvalue weighted by Gasteiger charge is -2.28. The number of amides is 2. The Balaban J connectivity index is 2.12. The molecule has 7 nitrogen and oxygen atoms in total. The molecule has 1 saturated heterocycles. The maximum Gasteiger partial charge on any atom is 0.410 e. The van der Waals surface area contributed by atoms with E-state index < -0.39 is 29.6 Å². The van der Waals surface area contributed by atoms with Crippen LogP contribution in [0.2, 0.25) is 0 Å². The van der Waals surface area contributed by atoms with E-state index in [0.29, 0.717) is 19.4 Å². The third kappa shape index (κ3) is 4.24. The number of para-hydroxylation sites is 1. The number of hydrogen-bond acceptors (Lipinski definition) is 4. The van der Waals surface area contributed by atoms with Crippen LogP contribution in [0.4, 0.5) is 10.5 Å². The minimum Gasteiger partial charge on any atom is -0.478 e. The van der Waals surface area contributed by atoms with E-state index >= 15 is 0 Å². The predicted molar refractivity (Wildman–Crippen MR) is 88.0 cm³/mol. The normalized spacial score (nSPS) is 17.5. The fourth-order valence-electron chi connectivity index (χ4n) is 2.57. The van der Waals surface area contributed by atoms with E-state index in [-0.39, 0.29) is 11.3 Å². The van der Waals surface area contributed by atoms with Crippen LogP contribution in [0, 0.1) is 0 Å². The third-order valence-electron chi connectivity index (χ3n) is 3.60. The first-order chi connectivity index (χ1) is 11.2. The van der Waals surface area contributed by atoms with Gasteiger partial charge in [-0.3, -0.25) is 9.69 Å². The van der Waals surface area contributed by atoms with Crippen LogP contribution in [0.3, 0.4) is 0 Å². The fourth-order valence-corrected chi connectivity index (χ4v) is 2.57. The summed E-state index contributed by atoms with van der Waals surface area (Å²) in [6.07, 6.45) is 0.671. The van der Waals surface area contributed by atoms with Crippen LogP contribution < -0.4 is 5.32 Å². The second kappa shape index (κ2) is 6.90. The molecule has 0 aromatic heterocycles. The molecule has 0 spiro atoms. The molecule has 1 aromatic rings. The van der Waals surface area contributed by atoms with Gasteiger partial charge in [-0.1, -0.05) is 12.1 Å². The van der Waals surface area contributed by atoms with Gasteiger partial charge >= 0.3 is 12.1 Å². The molecule has 2 rings (SSSR count). The van der Waals surface area contributed by atoms with E-state index in [2.05, 4.69) is 5.32 Å². The van der Waals surface area contributed by atoms with E-state index in [1.165, 1.54) is 17.0 Å². The lowest BCUT2D eigenvalue weighted by Crippen LogP contribution is -2.45. The molecule has 1 atom stereocenters. The van der Waals surface area contributed by atoms with Gasteiger partial charge in [-0.15, -0.1) is 0 Å². The second-order valence-electron chi connectivity index (χ2n) is 6.67. The summed E-state index contributed by atoms with van der Waals surface area (Å²) in [7, 11) is 0. The molecule has 0 unspecified atom stereocenters. The van der Waals surface area contributed by atoms with E-state index in [4.69, 9.17) is 4.74 Å². The largest absolute Gasteiger partial charge is 0.478 e. The number of benzene rings is 1. The molecular formula is C17H22N2O5. The van der Waals surface area contributed by atoms with Crippen molar-refractivity contribution in [3.05, 3.63) is 29.8 Å². The number of ether oxygens (including phenoxy) is 1. The summed E-state index contributed by atoms with van der Waals surface area (Å²) in [4.78, 5) is 37.4. The maximum atomic E-state index is 12.5. The molecule has 0 aliphatic carbocycles. The molecule has 24 heavy (non-hydrogen) atoms. The van der Waals surface area contributed by atoms with E-state index in [0.717, 1.165) is 0 Å². The number of aromatic carboxylic acids is 1. The topological polar surface area (TPSA) is 95.9 Å². The van der Waals surface area contributed by atoms with Gasteiger partial charge in [-0.05, 0) is 45.7 Å². The highest BCUT2D eigenvalue weighted by Gasteiger charge is 2.36. The zero-order valence-corrected chi connectivity index (χ0v) is 14.0. The van der Waals surface area contributed by atoms with Crippen molar-refractivity contribution in [1.82, 2.24) is 4.90 Å². The van der Waals surface area contributed by atoms with Gasteiger partial charge in [-0.2, -0.15) is 0 Å². The average Bonchev–Trinajstić information content (AvgIpc) is 2.95. The zero-order valence-electron chi connectivity index (χ0n) is 14.0. The molecule has 1 heterocycles. The molecule has 0 radical (unpaired) electrons. The Labute approximate surface area is 140 Å². The molecule has 130 valence electrons. The highest BCUT2D eigenvalue weighted by molar-refractivity contribution is 6.02. The van der Waals surface area contributed by atoms with E-state index in [9.17, 15) is 19.5 Å². The third-order valence-corrected chi connectivity index (χ3v) is 3.60. The summed E-state index contributed by atoms with van der Waals surface area (Å²) in [6.45, 7) is 5.73. The number of likely N-dealkylation sites (tertiary alicyclic amines) is 1. The van der Waals surface area contributed by atoms with Crippen LogP contribution in [-0.2, 0) is 9.53 Å². The first-order valence-corrected chi connectivity index (χ1v) is 7.82. The molecule has 2 N–H and O–H groups in total. The van der Waals surface area contributed by atoms with Crippen molar-refractivity contribution in [2.75, 3.05) is 11.9 Å². The molecule has 1 aliphatic rings. The van der Waals surface area contributed by atoms with Gasteiger partial charge in [0.05, 0.1) is 11.3 Å². The number of nitrogens with zero attached hydrogens (tertiary/aromatic N) is 1. The number of hydrogen-bond donors (Lipinski definition) is 2. The van der Waals surface area contributed by atoms with Crippen molar-refractivity contribution in [2.45, 2.75) is 45.3 Å². The lowest BCUT2D eigenvalue weighted by atomic mass is 10.1. The molecule has 1 aliphatic heterocycles. The number of carboxylic acids is 1. The van der Waals surface area contributed by atoms with Crippen molar-refractivity contribution >= 4 is 23.7 Å². The van der Waals surface area contributed by atoms with E-state index in [1.54, 1.807) is 32.9 Å². The number of anilines is 1. The van der Waals surface area contributed by atoms with Crippen molar-refractivity contribution in [3.63, 3.8) is 0 Å². The standard InChI is InChI=1S/C17H22N2O5/c1-17(2,3)24-16(23)19-10-6-9-13(19)14(20)18-12-8-5-4-7-11(12)15(21)22/h4-5,7-8,13H,6,9-10H2,1-3H3,(H,18,20)(H,21,22)/t13-/m0/s1. The van der Waals surface area contributed by atoms with Crippen LogP contribution in [0.1, 0.15) is 44.0 Å². The molecule has 0 saturated carbocycles. The minimum atomic E-state index is -1.12. The molecule has 7 heteroatoms. The summed E-state index contributed by atoms with van der Waals surface area (Å²) in [5, 5.41) is 11.8. The van der Waals surface area contributed by atoms with Gasteiger partial charge in [0.25, 0.3) is 0 Å². The van der Waals surface area contributed by atoms with Gasteiger partial charge in [-0.25, -0.2) is 9.59 Å². The number of rotatable bonds is 3.